The Morgan fingerprint density at radius 1 is 1.47 bits per heavy atom. The highest BCUT2D eigenvalue weighted by molar-refractivity contribution is 8.00. The number of nitrogens with one attached hydrogen (secondary N) is 1. The summed E-state index contributed by atoms with van der Waals surface area (Å²) in [6.07, 6.45) is 1.27. The highest BCUT2D eigenvalue weighted by Crippen LogP contribution is 2.37. The van der Waals surface area contributed by atoms with Crippen LogP contribution in [0.25, 0.3) is 0 Å². The first-order valence-corrected chi connectivity index (χ1v) is 7.07. The third-order valence-corrected chi connectivity index (χ3v) is 4.85. The Kier molecular flexibility index (Phi) is 4.42. The van der Waals surface area contributed by atoms with Gasteiger partial charge in [0.25, 0.3) is 0 Å². The molecule has 94 valence electrons. The fourth-order valence-electron chi connectivity index (χ4n) is 1.72. The SMILES string of the molecule is CNc1nc(SC2CCOC2C)c(Cl)cc1Cl. The minimum absolute atomic E-state index is 0.242. The van der Waals surface area contributed by atoms with Gasteiger partial charge in [0.2, 0.25) is 0 Å². The van der Waals surface area contributed by atoms with Gasteiger partial charge in [0.05, 0.1) is 16.1 Å². The van der Waals surface area contributed by atoms with E-state index in [1.807, 2.05) is 0 Å². The Balaban J connectivity index is 2.20. The van der Waals surface area contributed by atoms with Gasteiger partial charge in [-0.05, 0) is 19.4 Å². The fraction of sp³-hybridized carbons (Fsp3) is 0.545. The van der Waals surface area contributed by atoms with Crippen molar-refractivity contribution in [3.8, 4) is 0 Å². The van der Waals surface area contributed by atoms with Crippen molar-refractivity contribution in [1.82, 2.24) is 4.98 Å². The van der Waals surface area contributed by atoms with Gasteiger partial charge in [0, 0.05) is 18.9 Å². The summed E-state index contributed by atoms with van der Waals surface area (Å²) in [7, 11) is 1.79. The van der Waals surface area contributed by atoms with Crippen LogP contribution in [0.4, 0.5) is 5.82 Å². The van der Waals surface area contributed by atoms with Crippen LogP contribution in [0, 0.1) is 0 Å². The van der Waals surface area contributed by atoms with E-state index in [2.05, 4.69) is 17.2 Å². The summed E-state index contributed by atoms with van der Waals surface area (Å²) in [6.45, 7) is 2.89. The van der Waals surface area contributed by atoms with Gasteiger partial charge in [0.1, 0.15) is 10.8 Å². The predicted octanol–water partition coefficient (Wildman–Crippen LogP) is 3.70. The molecule has 0 spiro atoms. The van der Waals surface area contributed by atoms with E-state index in [4.69, 9.17) is 27.9 Å². The maximum atomic E-state index is 6.15. The van der Waals surface area contributed by atoms with Gasteiger partial charge in [-0.3, -0.25) is 0 Å². The fourth-order valence-corrected chi connectivity index (χ4v) is 3.39. The minimum atomic E-state index is 0.242. The smallest absolute Gasteiger partial charge is 0.145 e. The van der Waals surface area contributed by atoms with Gasteiger partial charge in [-0.1, -0.05) is 35.0 Å². The van der Waals surface area contributed by atoms with Crippen LogP contribution in [0.3, 0.4) is 0 Å². The third-order valence-electron chi connectivity index (χ3n) is 2.70. The molecule has 2 heterocycles. The number of hydrogen-bond donors (Lipinski definition) is 1. The topological polar surface area (TPSA) is 34.2 Å². The average Bonchev–Trinajstić information content (AvgIpc) is 2.68. The van der Waals surface area contributed by atoms with Crippen LogP contribution in [-0.4, -0.2) is 30.0 Å². The molecule has 6 heteroatoms. The second-order valence-corrected chi connectivity index (χ2v) is 5.92. The van der Waals surface area contributed by atoms with E-state index in [1.165, 1.54) is 0 Å². The molecule has 0 bridgehead atoms. The molecule has 3 nitrogen and oxygen atoms in total. The third kappa shape index (κ3) is 2.99. The van der Waals surface area contributed by atoms with E-state index in [-0.39, 0.29) is 6.10 Å². The minimum Gasteiger partial charge on any atom is -0.377 e. The van der Waals surface area contributed by atoms with Crippen LogP contribution in [0.2, 0.25) is 10.0 Å². The number of nitrogens with zero attached hydrogens (tertiary/aromatic N) is 1. The molecule has 1 N–H and O–H groups in total. The van der Waals surface area contributed by atoms with Gasteiger partial charge in [-0.15, -0.1) is 0 Å². The van der Waals surface area contributed by atoms with Crippen molar-refractivity contribution in [2.75, 3.05) is 19.0 Å². The lowest BCUT2D eigenvalue weighted by molar-refractivity contribution is 0.127. The van der Waals surface area contributed by atoms with E-state index in [9.17, 15) is 0 Å². The molecule has 17 heavy (non-hydrogen) atoms. The molecule has 1 saturated heterocycles. The maximum Gasteiger partial charge on any atom is 0.145 e. The van der Waals surface area contributed by atoms with Crippen molar-refractivity contribution in [2.45, 2.75) is 29.7 Å². The molecule has 0 amide bonds. The van der Waals surface area contributed by atoms with Gasteiger partial charge in [0.15, 0.2) is 0 Å². The number of rotatable bonds is 3. The van der Waals surface area contributed by atoms with Crippen LogP contribution in [0.1, 0.15) is 13.3 Å². The summed E-state index contributed by atoms with van der Waals surface area (Å²) in [6, 6.07) is 1.73. The summed E-state index contributed by atoms with van der Waals surface area (Å²) in [5.41, 5.74) is 0. The molecular weight excluding hydrogens is 279 g/mol. The van der Waals surface area contributed by atoms with Crippen molar-refractivity contribution in [1.29, 1.82) is 0 Å². The van der Waals surface area contributed by atoms with Crippen molar-refractivity contribution in [3.05, 3.63) is 16.1 Å². The van der Waals surface area contributed by atoms with E-state index < -0.39 is 0 Å². The molecule has 2 rings (SSSR count). The zero-order valence-corrected chi connectivity index (χ0v) is 12.0. The molecular formula is C11H14Cl2N2OS. The van der Waals surface area contributed by atoms with Gasteiger partial charge >= 0.3 is 0 Å². The first kappa shape index (κ1) is 13.3. The number of thioether (sulfide) groups is 1. The van der Waals surface area contributed by atoms with Crippen molar-refractivity contribution in [2.24, 2.45) is 0 Å². The molecule has 0 radical (unpaired) electrons. The standard InChI is InChI=1S/C11H14Cl2N2OS/c1-6-9(3-4-16-6)17-11-8(13)5-7(12)10(14-2)15-11/h5-6,9H,3-4H2,1-2H3,(H,14,15). The first-order valence-electron chi connectivity index (χ1n) is 5.44. The van der Waals surface area contributed by atoms with Crippen LogP contribution >= 0.6 is 35.0 Å². The number of ether oxygens (including phenoxy) is 1. The average molecular weight is 293 g/mol. The van der Waals surface area contributed by atoms with Crippen LogP contribution in [-0.2, 0) is 4.74 Å². The predicted molar refractivity (Wildman–Crippen MR) is 73.5 cm³/mol. The lowest BCUT2D eigenvalue weighted by Gasteiger charge is -2.14. The van der Waals surface area contributed by atoms with Gasteiger partial charge < -0.3 is 10.1 Å². The highest BCUT2D eigenvalue weighted by atomic mass is 35.5. The highest BCUT2D eigenvalue weighted by Gasteiger charge is 2.26. The van der Waals surface area contributed by atoms with Crippen molar-refractivity contribution < 1.29 is 4.74 Å². The van der Waals surface area contributed by atoms with E-state index in [0.717, 1.165) is 18.1 Å². The number of anilines is 1. The Morgan fingerprint density at radius 3 is 2.82 bits per heavy atom. The molecule has 1 aliphatic heterocycles. The number of pyridine rings is 1. The van der Waals surface area contributed by atoms with E-state index in [1.54, 1.807) is 24.9 Å². The summed E-state index contributed by atoms with van der Waals surface area (Å²) >= 11 is 13.8. The molecule has 1 aliphatic rings. The summed E-state index contributed by atoms with van der Waals surface area (Å²) in [5.74, 6) is 0.658. The summed E-state index contributed by atoms with van der Waals surface area (Å²) < 4.78 is 5.52. The van der Waals surface area contributed by atoms with Gasteiger partial charge in [-0.25, -0.2) is 4.98 Å². The van der Waals surface area contributed by atoms with Crippen molar-refractivity contribution in [3.63, 3.8) is 0 Å². The Hall–Kier alpha value is -0.160. The van der Waals surface area contributed by atoms with E-state index >= 15 is 0 Å². The monoisotopic (exact) mass is 292 g/mol. The maximum absolute atomic E-state index is 6.15. The van der Waals surface area contributed by atoms with Crippen LogP contribution in [0.5, 0.6) is 0 Å². The van der Waals surface area contributed by atoms with Crippen molar-refractivity contribution >= 4 is 40.8 Å². The van der Waals surface area contributed by atoms with Crippen LogP contribution < -0.4 is 5.32 Å². The quantitative estimate of drug-likeness (QED) is 0.921. The lowest BCUT2D eigenvalue weighted by atomic mass is 10.3. The molecule has 1 fully saturated rings. The molecule has 2 atom stereocenters. The molecule has 0 saturated carbocycles. The van der Waals surface area contributed by atoms with E-state index in [0.29, 0.717) is 21.1 Å². The molecule has 2 unspecified atom stereocenters. The zero-order chi connectivity index (χ0) is 12.4. The largest absolute Gasteiger partial charge is 0.377 e. The molecule has 0 aromatic carbocycles. The Morgan fingerprint density at radius 2 is 2.24 bits per heavy atom. The van der Waals surface area contributed by atoms with Gasteiger partial charge in [-0.2, -0.15) is 0 Å². The number of halogens is 2. The van der Waals surface area contributed by atoms with Crippen LogP contribution in [0.15, 0.2) is 11.1 Å². The second-order valence-electron chi connectivity index (χ2n) is 3.88. The first-order chi connectivity index (χ1) is 8.11. The summed E-state index contributed by atoms with van der Waals surface area (Å²) in [4.78, 5) is 4.42. The lowest BCUT2D eigenvalue weighted by Crippen LogP contribution is -2.13. The molecule has 0 aliphatic carbocycles. The Labute approximate surface area is 115 Å². The number of hydrogen-bond acceptors (Lipinski definition) is 4. The zero-order valence-electron chi connectivity index (χ0n) is 9.67. The number of aromatic nitrogens is 1. The molecule has 1 aromatic rings. The summed E-state index contributed by atoms with van der Waals surface area (Å²) in [5, 5.41) is 5.30. The Bertz CT molecular complexity index is 417. The molecule has 1 aromatic heterocycles. The second kappa shape index (κ2) is 5.65. The normalized spacial score (nSPS) is 24.0.